The van der Waals surface area contributed by atoms with Gasteiger partial charge < -0.3 is 8.94 Å². The first-order chi connectivity index (χ1) is 15.5. The van der Waals surface area contributed by atoms with E-state index in [1.54, 1.807) is 12.1 Å². The van der Waals surface area contributed by atoms with Crippen LogP contribution in [0, 0.1) is 0 Å². The summed E-state index contributed by atoms with van der Waals surface area (Å²) in [6, 6.07) is 11.9. The van der Waals surface area contributed by atoms with Crippen molar-refractivity contribution in [1.29, 1.82) is 0 Å². The second-order valence-corrected chi connectivity index (χ2v) is 10.1. The molecule has 1 fully saturated rings. The molecule has 10 heteroatoms. The molecule has 0 N–H and O–H groups in total. The Morgan fingerprint density at radius 3 is 2.78 bits per heavy atom. The van der Waals surface area contributed by atoms with E-state index in [4.69, 9.17) is 8.94 Å². The molecule has 0 bridgehead atoms. The predicted octanol–water partition coefficient (Wildman–Crippen LogP) is 3.04. The molecule has 2 aromatic heterocycles. The lowest BCUT2D eigenvalue weighted by molar-refractivity contribution is 0.291. The zero-order chi connectivity index (χ0) is 21.9. The molecule has 3 heterocycles. The Kier molecular flexibility index (Phi) is 4.26. The average Bonchev–Trinajstić information content (AvgIpc) is 3.45. The van der Waals surface area contributed by atoms with Gasteiger partial charge in [0.15, 0.2) is 11.4 Å². The predicted molar refractivity (Wildman–Crippen MR) is 115 cm³/mol. The maximum absolute atomic E-state index is 13.3. The Labute approximate surface area is 183 Å². The van der Waals surface area contributed by atoms with E-state index < -0.39 is 15.8 Å². The molecule has 4 aromatic rings. The minimum atomic E-state index is -3.79. The topological polar surface area (TPSA) is 111 Å². The van der Waals surface area contributed by atoms with Gasteiger partial charge in [-0.25, -0.2) is 13.2 Å². The van der Waals surface area contributed by atoms with Crippen molar-refractivity contribution in [2.45, 2.75) is 43.0 Å². The molecule has 1 saturated carbocycles. The number of oxazole rings is 1. The van der Waals surface area contributed by atoms with Crippen LogP contribution in [-0.2, 0) is 23.0 Å². The van der Waals surface area contributed by atoms with E-state index in [1.165, 1.54) is 21.0 Å². The molecule has 0 atom stereocenters. The van der Waals surface area contributed by atoms with Crippen molar-refractivity contribution in [2.75, 3.05) is 10.8 Å². The lowest BCUT2D eigenvalue weighted by Crippen LogP contribution is -2.29. The molecule has 32 heavy (non-hydrogen) atoms. The highest BCUT2D eigenvalue weighted by Crippen LogP contribution is 2.35. The number of para-hydroxylation sites is 1. The van der Waals surface area contributed by atoms with Gasteiger partial charge in [-0.1, -0.05) is 29.8 Å². The van der Waals surface area contributed by atoms with E-state index in [-0.39, 0.29) is 17.0 Å². The molecule has 6 rings (SSSR count). The van der Waals surface area contributed by atoms with E-state index in [9.17, 15) is 13.2 Å². The molecule has 2 aromatic carbocycles. The highest BCUT2D eigenvalue weighted by atomic mass is 32.2. The minimum Gasteiger partial charge on any atom is -0.408 e. The van der Waals surface area contributed by atoms with Crippen LogP contribution in [0.2, 0.25) is 0 Å². The van der Waals surface area contributed by atoms with Gasteiger partial charge in [-0.05, 0) is 43.0 Å². The number of hydrogen-bond donors (Lipinski definition) is 0. The van der Waals surface area contributed by atoms with Gasteiger partial charge >= 0.3 is 5.76 Å². The second kappa shape index (κ2) is 7.06. The largest absolute Gasteiger partial charge is 0.420 e. The summed E-state index contributed by atoms with van der Waals surface area (Å²) in [5.74, 6) is 0.696. The molecule has 0 amide bonds. The molecular formula is C22H20N4O5S. The van der Waals surface area contributed by atoms with E-state index in [2.05, 4.69) is 10.1 Å². The smallest absolute Gasteiger partial charge is 0.408 e. The number of benzene rings is 2. The van der Waals surface area contributed by atoms with E-state index in [0.29, 0.717) is 41.8 Å². The highest BCUT2D eigenvalue weighted by molar-refractivity contribution is 7.92. The molecule has 164 valence electrons. The van der Waals surface area contributed by atoms with Gasteiger partial charge in [-0.2, -0.15) is 4.98 Å². The number of aromatic nitrogens is 3. The molecule has 0 saturated heterocycles. The third-order valence-corrected chi connectivity index (χ3v) is 8.12. The van der Waals surface area contributed by atoms with Gasteiger partial charge in [0.1, 0.15) is 0 Å². The standard InChI is InChI=1S/C22H20N4O5S/c27-22-25(13-20-23-21(31-24-20)15-5-3-6-15)18-9-8-16(12-19(18)30-22)32(28,29)26-11-10-14-4-1-2-7-17(14)26/h1-2,4,7-9,12,15H,3,5-6,10-11,13H2. The fraction of sp³-hybridized carbons (Fsp3) is 0.318. The number of nitrogens with zero attached hydrogens (tertiary/aromatic N) is 4. The molecule has 1 aliphatic carbocycles. The summed E-state index contributed by atoms with van der Waals surface area (Å²) < 4.78 is 40.1. The molecule has 0 unspecified atom stereocenters. The lowest BCUT2D eigenvalue weighted by Gasteiger charge is -2.20. The minimum absolute atomic E-state index is 0.0782. The number of hydrogen-bond acceptors (Lipinski definition) is 7. The maximum Gasteiger partial charge on any atom is 0.420 e. The normalized spacial score (nSPS) is 16.4. The highest BCUT2D eigenvalue weighted by Gasteiger charge is 2.31. The van der Waals surface area contributed by atoms with Gasteiger partial charge in [0.05, 0.1) is 22.6 Å². The fourth-order valence-electron chi connectivity index (χ4n) is 4.34. The van der Waals surface area contributed by atoms with Crippen LogP contribution in [-0.4, -0.2) is 29.7 Å². The zero-order valence-electron chi connectivity index (χ0n) is 17.1. The summed E-state index contributed by atoms with van der Waals surface area (Å²) in [5, 5.41) is 3.98. The second-order valence-electron chi connectivity index (χ2n) is 8.22. The summed E-state index contributed by atoms with van der Waals surface area (Å²) in [6.07, 6.45) is 3.89. The lowest BCUT2D eigenvalue weighted by atomic mass is 9.85. The number of fused-ring (bicyclic) bond motifs is 2. The molecule has 0 radical (unpaired) electrons. The van der Waals surface area contributed by atoms with E-state index >= 15 is 0 Å². The van der Waals surface area contributed by atoms with Gasteiger partial charge in [-0.3, -0.25) is 8.87 Å². The Hall–Kier alpha value is -3.40. The van der Waals surface area contributed by atoms with Crippen LogP contribution >= 0.6 is 0 Å². The summed E-state index contributed by atoms with van der Waals surface area (Å²) >= 11 is 0. The summed E-state index contributed by atoms with van der Waals surface area (Å²) in [4.78, 5) is 17.0. The summed E-state index contributed by atoms with van der Waals surface area (Å²) in [7, 11) is -3.79. The molecule has 1 aliphatic heterocycles. The van der Waals surface area contributed by atoms with Crippen molar-refractivity contribution in [3.05, 3.63) is 70.3 Å². The van der Waals surface area contributed by atoms with Gasteiger partial charge in [0.2, 0.25) is 5.89 Å². The van der Waals surface area contributed by atoms with Crippen LogP contribution in [0.25, 0.3) is 11.1 Å². The third kappa shape index (κ3) is 2.97. The van der Waals surface area contributed by atoms with Crippen molar-refractivity contribution in [2.24, 2.45) is 0 Å². The third-order valence-electron chi connectivity index (χ3n) is 6.31. The Balaban J connectivity index is 1.33. The van der Waals surface area contributed by atoms with Crippen molar-refractivity contribution < 1.29 is 17.4 Å². The zero-order valence-corrected chi connectivity index (χ0v) is 17.9. The number of sulfonamides is 1. The van der Waals surface area contributed by atoms with Gasteiger partial charge in [-0.15, -0.1) is 0 Å². The SMILES string of the molecule is O=c1oc2cc(S(=O)(=O)N3CCc4ccccc43)ccc2n1Cc1noc(C2CCC2)n1. The quantitative estimate of drug-likeness (QED) is 0.457. The first kappa shape index (κ1) is 19.3. The van der Waals surface area contributed by atoms with Crippen molar-refractivity contribution in [3.63, 3.8) is 0 Å². The van der Waals surface area contributed by atoms with E-state index in [1.807, 2.05) is 18.2 Å². The monoisotopic (exact) mass is 452 g/mol. The van der Waals surface area contributed by atoms with E-state index in [0.717, 1.165) is 24.8 Å². The molecule has 2 aliphatic rings. The molecule has 9 nitrogen and oxygen atoms in total. The van der Waals surface area contributed by atoms with Crippen molar-refractivity contribution >= 4 is 26.8 Å². The van der Waals surface area contributed by atoms with Crippen LogP contribution in [0.5, 0.6) is 0 Å². The summed E-state index contributed by atoms with van der Waals surface area (Å²) in [5.41, 5.74) is 2.36. The first-order valence-corrected chi connectivity index (χ1v) is 12.0. The van der Waals surface area contributed by atoms with Crippen molar-refractivity contribution in [3.8, 4) is 0 Å². The van der Waals surface area contributed by atoms with Crippen LogP contribution in [0.1, 0.15) is 42.5 Å². The molecular weight excluding hydrogens is 432 g/mol. The Morgan fingerprint density at radius 1 is 1.12 bits per heavy atom. The van der Waals surface area contributed by atoms with Crippen LogP contribution < -0.4 is 10.1 Å². The molecule has 0 spiro atoms. The van der Waals surface area contributed by atoms with Gasteiger partial charge in [0.25, 0.3) is 10.0 Å². The number of anilines is 1. The van der Waals surface area contributed by atoms with Crippen LogP contribution in [0.4, 0.5) is 5.69 Å². The fourth-order valence-corrected chi connectivity index (χ4v) is 5.86. The van der Waals surface area contributed by atoms with Crippen molar-refractivity contribution in [1.82, 2.24) is 14.7 Å². The Morgan fingerprint density at radius 2 is 1.97 bits per heavy atom. The Bertz CT molecular complexity index is 1500. The van der Waals surface area contributed by atoms with Crippen LogP contribution in [0.3, 0.4) is 0 Å². The maximum atomic E-state index is 13.3. The number of rotatable bonds is 5. The van der Waals surface area contributed by atoms with Gasteiger partial charge in [0, 0.05) is 18.5 Å². The first-order valence-electron chi connectivity index (χ1n) is 10.6. The summed E-state index contributed by atoms with van der Waals surface area (Å²) in [6.45, 7) is 0.472. The van der Waals surface area contributed by atoms with Crippen LogP contribution in [0.15, 0.2) is 61.1 Å². The average molecular weight is 452 g/mol.